The van der Waals surface area contributed by atoms with Crippen LogP contribution in [0.1, 0.15) is 18.9 Å². The largest absolute Gasteiger partial charge is 0.508 e. The Hall–Kier alpha value is -3.00. The Morgan fingerprint density at radius 1 is 1.08 bits per heavy atom. The van der Waals surface area contributed by atoms with Crippen LogP contribution in [-0.4, -0.2) is 94.8 Å². The third-order valence-corrected chi connectivity index (χ3v) is 6.19. The lowest BCUT2D eigenvalue weighted by Crippen LogP contribution is -2.60. The number of aliphatic hydroxyl groups excluding tert-OH is 4. The summed E-state index contributed by atoms with van der Waals surface area (Å²) in [6.07, 6.45) is -6.02. The predicted molar refractivity (Wildman–Crippen MR) is 124 cm³/mol. The summed E-state index contributed by atoms with van der Waals surface area (Å²) in [5.41, 5.74) is 1.23. The van der Waals surface area contributed by atoms with E-state index >= 15 is 0 Å². The Morgan fingerprint density at radius 2 is 1.78 bits per heavy atom. The molecule has 0 spiro atoms. The maximum Gasteiger partial charge on any atom is 0.337 e. The third kappa shape index (κ3) is 6.86. The van der Waals surface area contributed by atoms with Crippen molar-refractivity contribution < 1.29 is 58.8 Å². The lowest BCUT2D eigenvalue weighted by atomic mass is 9.86. The minimum absolute atomic E-state index is 0.0414. The Balaban J connectivity index is 1.71. The van der Waals surface area contributed by atoms with Crippen molar-refractivity contribution in [3.63, 3.8) is 0 Å². The Bertz CT molecular complexity index is 986. The van der Waals surface area contributed by atoms with Crippen LogP contribution in [0, 0.1) is 5.92 Å². The molecule has 1 saturated heterocycles. The van der Waals surface area contributed by atoms with Crippen LogP contribution >= 0.6 is 0 Å². The minimum atomic E-state index is -1.67. The number of esters is 2. The van der Waals surface area contributed by atoms with Gasteiger partial charge in [0.05, 0.1) is 38.6 Å². The van der Waals surface area contributed by atoms with Gasteiger partial charge in [-0.3, -0.25) is 4.79 Å². The van der Waals surface area contributed by atoms with E-state index in [0.717, 1.165) is 11.8 Å². The number of aliphatic hydroxyl groups is 4. The summed E-state index contributed by atoms with van der Waals surface area (Å²) in [4.78, 5) is 25.1. The molecule has 0 aliphatic carbocycles. The summed E-state index contributed by atoms with van der Waals surface area (Å²) >= 11 is 0. The molecule has 3 rings (SSSR count). The van der Waals surface area contributed by atoms with Crippen LogP contribution in [0.15, 0.2) is 47.7 Å². The van der Waals surface area contributed by atoms with Gasteiger partial charge in [0.15, 0.2) is 6.29 Å². The van der Waals surface area contributed by atoms with Crippen LogP contribution in [0.3, 0.4) is 0 Å². The van der Waals surface area contributed by atoms with Crippen molar-refractivity contribution in [1.82, 2.24) is 0 Å². The van der Waals surface area contributed by atoms with Crippen LogP contribution < -0.4 is 0 Å². The molecule has 1 fully saturated rings. The number of ether oxygens (including phenoxy) is 5. The van der Waals surface area contributed by atoms with Gasteiger partial charge in [-0.25, -0.2) is 4.79 Å². The van der Waals surface area contributed by atoms with E-state index in [2.05, 4.69) is 0 Å². The highest BCUT2D eigenvalue weighted by Gasteiger charge is 2.46. The standard InChI is InChI=1S/C25H32O12/c1-3-15-16(10-19(28)34-9-8-13-4-6-14(27)7-5-13)17(23(32)33-2)12-35-24(15)37-25-22(31)21(30)20(29)18(11-26)36-25/h3-7,12,16,18,20-22,24-27,29-31H,8-11H2,1-2H3/b15-3-/t16?,18-,20-,21+,22-,24?,25+/m1/s1. The first-order chi connectivity index (χ1) is 17.7. The number of rotatable bonds is 9. The van der Waals surface area contributed by atoms with Crippen molar-refractivity contribution in [1.29, 1.82) is 0 Å². The van der Waals surface area contributed by atoms with E-state index in [1.807, 2.05) is 0 Å². The molecule has 0 saturated carbocycles. The van der Waals surface area contributed by atoms with Gasteiger partial charge in [0.1, 0.15) is 30.2 Å². The molecule has 5 N–H and O–H groups in total. The van der Waals surface area contributed by atoms with Crippen LogP contribution in [0.4, 0.5) is 0 Å². The highest BCUT2D eigenvalue weighted by molar-refractivity contribution is 5.90. The topological polar surface area (TPSA) is 181 Å². The van der Waals surface area contributed by atoms with Gasteiger partial charge in [-0.15, -0.1) is 0 Å². The molecule has 1 aromatic carbocycles. The minimum Gasteiger partial charge on any atom is -0.508 e. The van der Waals surface area contributed by atoms with Crippen molar-refractivity contribution >= 4 is 11.9 Å². The first-order valence-corrected chi connectivity index (χ1v) is 11.7. The molecule has 12 heteroatoms. The van der Waals surface area contributed by atoms with Gasteiger partial charge in [-0.1, -0.05) is 18.2 Å². The smallest absolute Gasteiger partial charge is 0.337 e. The number of benzene rings is 1. The zero-order valence-electron chi connectivity index (χ0n) is 20.4. The normalized spacial score (nSPS) is 30.8. The van der Waals surface area contributed by atoms with E-state index in [9.17, 15) is 35.1 Å². The van der Waals surface area contributed by atoms with E-state index in [0.29, 0.717) is 12.0 Å². The molecule has 37 heavy (non-hydrogen) atoms. The molecule has 2 aliphatic rings. The Kier molecular flexibility index (Phi) is 10.0. The van der Waals surface area contributed by atoms with Gasteiger partial charge < -0.3 is 49.2 Å². The molecule has 2 unspecified atom stereocenters. The maximum absolute atomic E-state index is 12.7. The number of phenols is 1. The second-order valence-electron chi connectivity index (χ2n) is 8.55. The molecule has 0 radical (unpaired) electrons. The van der Waals surface area contributed by atoms with E-state index in [1.165, 1.54) is 19.2 Å². The van der Waals surface area contributed by atoms with E-state index < -0.39 is 61.5 Å². The SMILES string of the molecule is C/C=C1\C(O[C@@H]2O[C@H](CO)[C@@H](O)[C@H](O)[C@H]2O)OC=C(C(=O)OC)C1CC(=O)OCCc1ccc(O)cc1. The number of hydrogen-bond acceptors (Lipinski definition) is 12. The fraction of sp³-hybridized carbons (Fsp3) is 0.520. The molecule has 2 aliphatic heterocycles. The van der Waals surface area contributed by atoms with Gasteiger partial charge in [-0.05, 0) is 24.6 Å². The molecule has 0 aromatic heterocycles. The average molecular weight is 525 g/mol. The first-order valence-electron chi connectivity index (χ1n) is 11.7. The molecule has 2 heterocycles. The van der Waals surface area contributed by atoms with Crippen LogP contribution in [0.2, 0.25) is 0 Å². The number of aromatic hydroxyl groups is 1. The zero-order chi connectivity index (χ0) is 27.1. The van der Waals surface area contributed by atoms with Crippen LogP contribution in [0.5, 0.6) is 5.75 Å². The summed E-state index contributed by atoms with van der Waals surface area (Å²) in [6.45, 7) is 1.06. The van der Waals surface area contributed by atoms with Crippen molar-refractivity contribution in [2.75, 3.05) is 20.3 Å². The highest BCUT2D eigenvalue weighted by Crippen LogP contribution is 2.36. The molecule has 1 aromatic rings. The summed E-state index contributed by atoms with van der Waals surface area (Å²) in [5, 5.41) is 49.1. The van der Waals surface area contributed by atoms with Gasteiger partial charge in [0.2, 0.25) is 6.29 Å². The molecule has 12 nitrogen and oxygen atoms in total. The van der Waals surface area contributed by atoms with Crippen molar-refractivity contribution in [3.8, 4) is 5.75 Å². The lowest BCUT2D eigenvalue weighted by molar-refractivity contribution is -0.327. The number of hydrogen-bond donors (Lipinski definition) is 5. The quantitative estimate of drug-likeness (QED) is 0.210. The first kappa shape index (κ1) is 28.6. The summed E-state index contributed by atoms with van der Waals surface area (Å²) < 4.78 is 26.8. The van der Waals surface area contributed by atoms with E-state index in [1.54, 1.807) is 25.1 Å². The monoisotopic (exact) mass is 524 g/mol. The average Bonchev–Trinajstić information content (AvgIpc) is 2.89. The fourth-order valence-electron chi connectivity index (χ4n) is 4.10. The molecule has 0 amide bonds. The summed E-state index contributed by atoms with van der Waals surface area (Å²) in [6, 6.07) is 6.47. The van der Waals surface area contributed by atoms with Gasteiger partial charge >= 0.3 is 11.9 Å². The Labute approximate surface area is 213 Å². The molecular weight excluding hydrogens is 492 g/mol. The summed E-state index contributed by atoms with van der Waals surface area (Å²) in [7, 11) is 1.18. The third-order valence-electron chi connectivity index (χ3n) is 6.19. The number of carbonyl (C=O) groups excluding carboxylic acids is 2. The second-order valence-corrected chi connectivity index (χ2v) is 8.55. The maximum atomic E-state index is 12.7. The van der Waals surface area contributed by atoms with Crippen molar-refractivity contribution in [2.45, 2.75) is 56.8 Å². The van der Waals surface area contributed by atoms with Crippen LogP contribution in [0.25, 0.3) is 0 Å². The predicted octanol–water partition coefficient (Wildman–Crippen LogP) is -0.340. The Morgan fingerprint density at radius 3 is 2.41 bits per heavy atom. The summed E-state index contributed by atoms with van der Waals surface area (Å²) in [5.74, 6) is -2.07. The van der Waals surface area contributed by atoms with Gasteiger partial charge in [0.25, 0.3) is 0 Å². The number of allylic oxidation sites excluding steroid dienone is 1. The fourth-order valence-corrected chi connectivity index (χ4v) is 4.10. The van der Waals surface area contributed by atoms with E-state index in [4.69, 9.17) is 23.7 Å². The van der Waals surface area contributed by atoms with Crippen LogP contribution in [-0.2, 0) is 39.7 Å². The molecule has 7 atom stereocenters. The number of methoxy groups -OCH3 is 1. The number of carbonyl (C=O) groups is 2. The molecule has 0 bridgehead atoms. The van der Waals surface area contributed by atoms with Gasteiger partial charge in [0, 0.05) is 17.9 Å². The zero-order valence-corrected chi connectivity index (χ0v) is 20.4. The van der Waals surface area contributed by atoms with Crippen molar-refractivity contribution in [2.24, 2.45) is 5.92 Å². The second kappa shape index (κ2) is 13.0. The van der Waals surface area contributed by atoms with Gasteiger partial charge in [-0.2, -0.15) is 0 Å². The lowest BCUT2D eigenvalue weighted by Gasteiger charge is -2.41. The molecule has 204 valence electrons. The van der Waals surface area contributed by atoms with E-state index in [-0.39, 0.29) is 24.4 Å². The van der Waals surface area contributed by atoms with Crippen molar-refractivity contribution in [3.05, 3.63) is 53.3 Å². The molecular formula is C25H32O12. The highest BCUT2D eigenvalue weighted by atomic mass is 16.8. The number of phenolic OH excluding ortho intramolecular Hbond substituents is 1.